The molecular weight excluding hydrogens is 434 g/mol. The maximum Gasteiger partial charge on any atom is 0.277 e. The van der Waals surface area contributed by atoms with Crippen molar-refractivity contribution in [2.45, 2.75) is 19.3 Å². The first kappa shape index (κ1) is 17.6. The lowest BCUT2D eigenvalue weighted by Crippen LogP contribution is -1.96. The van der Waals surface area contributed by atoms with Gasteiger partial charge in [-0.05, 0) is 64.6 Å². The van der Waals surface area contributed by atoms with Crippen LogP contribution in [0.4, 0.5) is 5.69 Å². The van der Waals surface area contributed by atoms with Crippen LogP contribution in [0.1, 0.15) is 29.7 Å². The van der Waals surface area contributed by atoms with Gasteiger partial charge in [-0.25, -0.2) is 0 Å². The van der Waals surface area contributed by atoms with Gasteiger partial charge in [0.1, 0.15) is 0 Å². The summed E-state index contributed by atoms with van der Waals surface area (Å²) in [6, 6.07) is 15.6. The number of nitrogens with zero attached hydrogens (tertiary/aromatic N) is 1. The van der Waals surface area contributed by atoms with Crippen LogP contribution in [0, 0.1) is 10.1 Å². The van der Waals surface area contributed by atoms with Crippen LogP contribution in [0.15, 0.2) is 59.1 Å². The molecule has 1 aliphatic carbocycles. The zero-order chi connectivity index (χ0) is 19.4. The van der Waals surface area contributed by atoms with E-state index in [1.165, 1.54) is 25.9 Å². The normalized spacial score (nSPS) is 15.9. The molecule has 0 aliphatic heterocycles. The van der Waals surface area contributed by atoms with Gasteiger partial charge in [0.15, 0.2) is 0 Å². The molecule has 1 aliphatic rings. The molecule has 0 saturated heterocycles. The van der Waals surface area contributed by atoms with Gasteiger partial charge in [-0.3, -0.25) is 10.1 Å². The first-order chi connectivity index (χ1) is 13.5. The number of rotatable bonds is 2. The van der Waals surface area contributed by atoms with Crippen molar-refractivity contribution >= 4 is 59.9 Å². The van der Waals surface area contributed by atoms with Gasteiger partial charge < -0.3 is 0 Å². The van der Waals surface area contributed by atoms with Crippen molar-refractivity contribution in [2.24, 2.45) is 0 Å². The SMILES string of the molecule is CC1CC=Cc2sc3ccc4cc(-c5cc(Br)ccc5[N+](=O)[O-])ccc4c3c21. The summed E-state index contributed by atoms with van der Waals surface area (Å²) in [5, 5.41) is 15.2. The summed E-state index contributed by atoms with van der Waals surface area (Å²) in [6.07, 6.45) is 5.57. The third-order valence-corrected chi connectivity index (χ3v) is 7.08. The number of nitro groups is 1. The van der Waals surface area contributed by atoms with E-state index in [-0.39, 0.29) is 10.6 Å². The van der Waals surface area contributed by atoms with Crippen molar-refractivity contribution < 1.29 is 4.92 Å². The van der Waals surface area contributed by atoms with E-state index in [1.54, 1.807) is 12.1 Å². The fourth-order valence-corrected chi connectivity index (χ4v) is 5.78. The highest BCUT2D eigenvalue weighted by Crippen LogP contribution is 2.45. The van der Waals surface area contributed by atoms with E-state index in [0.29, 0.717) is 11.5 Å². The Morgan fingerprint density at radius 1 is 1.14 bits per heavy atom. The molecule has 0 spiro atoms. The van der Waals surface area contributed by atoms with Crippen LogP contribution in [-0.2, 0) is 0 Å². The maximum absolute atomic E-state index is 11.5. The molecule has 1 aromatic heterocycles. The van der Waals surface area contributed by atoms with Gasteiger partial charge in [0.25, 0.3) is 5.69 Å². The quantitative estimate of drug-likeness (QED) is 0.230. The molecule has 0 saturated carbocycles. The van der Waals surface area contributed by atoms with Crippen molar-refractivity contribution in [1.29, 1.82) is 0 Å². The minimum atomic E-state index is -0.321. The molecule has 5 rings (SSSR count). The van der Waals surface area contributed by atoms with E-state index in [4.69, 9.17) is 0 Å². The van der Waals surface area contributed by atoms with Gasteiger partial charge in [-0.1, -0.05) is 47.1 Å². The maximum atomic E-state index is 11.5. The molecule has 0 radical (unpaired) electrons. The number of nitro benzene ring substituents is 1. The molecule has 1 unspecified atom stereocenters. The molecule has 138 valence electrons. The molecule has 0 fully saturated rings. The number of allylic oxidation sites excluding steroid dienone is 1. The van der Waals surface area contributed by atoms with E-state index in [9.17, 15) is 10.1 Å². The first-order valence-electron chi connectivity index (χ1n) is 9.13. The van der Waals surface area contributed by atoms with Crippen LogP contribution in [0.5, 0.6) is 0 Å². The molecule has 3 aromatic carbocycles. The van der Waals surface area contributed by atoms with Crippen LogP contribution >= 0.6 is 27.3 Å². The van der Waals surface area contributed by atoms with Crippen LogP contribution in [0.2, 0.25) is 0 Å². The Morgan fingerprint density at radius 3 is 2.82 bits per heavy atom. The van der Waals surface area contributed by atoms with Crippen LogP contribution in [-0.4, -0.2) is 4.92 Å². The van der Waals surface area contributed by atoms with Crippen LogP contribution in [0.25, 0.3) is 38.1 Å². The molecule has 28 heavy (non-hydrogen) atoms. The standard InChI is InChI=1S/C23H16BrNO2S/c1-13-3-2-4-20-22(13)23-17-8-5-15(11-14(17)6-10-21(23)28-20)18-12-16(24)7-9-19(18)25(26)27/h2,4-13H,3H2,1H3. The molecule has 0 N–H and O–H groups in total. The minimum Gasteiger partial charge on any atom is -0.258 e. The average Bonchev–Trinajstić information content (AvgIpc) is 3.07. The van der Waals surface area contributed by atoms with Crippen molar-refractivity contribution in [1.82, 2.24) is 0 Å². The Bertz CT molecular complexity index is 1310. The summed E-state index contributed by atoms with van der Waals surface area (Å²) in [6.45, 7) is 2.28. The van der Waals surface area contributed by atoms with Crippen molar-refractivity contribution in [3.8, 4) is 11.1 Å². The molecule has 5 heteroatoms. The zero-order valence-electron chi connectivity index (χ0n) is 15.1. The highest BCUT2D eigenvalue weighted by Gasteiger charge is 2.21. The lowest BCUT2D eigenvalue weighted by molar-refractivity contribution is -0.384. The Morgan fingerprint density at radius 2 is 2.00 bits per heavy atom. The fraction of sp³-hybridized carbons (Fsp3) is 0.130. The summed E-state index contributed by atoms with van der Waals surface area (Å²) in [4.78, 5) is 12.5. The first-order valence-corrected chi connectivity index (χ1v) is 10.7. The van der Waals surface area contributed by atoms with Crippen molar-refractivity contribution in [3.63, 3.8) is 0 Å². The van der Waals surface area contributed by atoms with Crippen molar-refractivity contribution in [2.75, 3.05) is 0 Å². The second kappa shape index (κ2) is 6.54. The second-order valence-corrected chi connectivity index (χ2v) is 9.21. The lowest BCUT2D eigenvalue weighted by Gasteiger charge is -2.15. The molecule has 1 atom stereocenters. The van der Waals surface area contributed by atoms with Gasteiger partial charge >= 0.3 is 0 Å². The monoisotopic (exact) mass is 449 g/mol. The number of benzene rings is 3. The number of halogens is 1. The lowest BCUT2D eigenvalue weighted by atomic mass is 9.88. The predicted molar refractivity (Wildman–Crippen MR) is 121 cm³/mol. The van der Waals surface area contributed by atoms with Gasteiger partial charge in [-0.2, -0.15) is 0 Å². The smallest absolute Gasteiger partial charge is 0.258 e. The molecule has 3 nitrogen and oxygen atoms in total. The molecule has 4 aromatic rings. The van der Waals surface area contributed by atoms with Crippen molar-refractivity contribution in [3.05, 3.63) is 79.6 Å². The summed E-state index contributed by atoms with van der Waals surface area (Å²) in [7, 11) is 0. The van der Waals surface area contributed by atoms with Crippen LogP contribution < -0.4 is 0 Å². The summed E-state index contributed by atoms with van der Waals surface area (Å²) in [5.74, 6) is 0.505. The van der Waals surface area contributed by atoms with Gasteiger partial charge in [0, 0.05) is 25.5 Å². The number of hydrogen-bond acceptors (Lipinski definition) is 3. The highest BCUT2D eigenvalue weighted by atomic mass is 79.9. The molecule has 0 amide bonds. The Labute approximate surface area is 174 Å². The van der Waals surface area contributed by atoms with Crippen LogP contribution in [0.3, 0.4) is 0 Å². The summed E-state index contributed by atoms with van der Waals surface area (Å²) >= 11 is 5.28. The van der Waals surface area contributed by atoms with E-state index in [1.807, 2.05) is 23.5 Å². The Kier molecular flexibility index (Phi) is 4.11. The number of thiophene rings is 1. The molecule has 1 heterocycles. The third kappa shape index (κ3) is 2.69. The fourth-order valence-electron chi connectivity index (χ4n) is 4.15. The largest absolute Gasteiger partial charge is 0.277 e. The topological polar surface area (TPSA) is 43.1 Å². The third-order valence-electron chi connectivity index (χ3n) is 5.45. The molecule has 0 bridgehead atoms. The average molecular weight is 450 g/mol. The van der Waals surface area contributed by atoms with E-state index < -0.39 is 0 Å². The zero-order valence-corrected chi connectivity index (χ0v) is 17.5. The number of fused-ring (bicyclic) bond motifs is 5. The minimum absolute atomic E-state index is 0.121. The predicted octanol–water partition coefficient (Wildman–Crippen LogP) is 7.91. The van der Waals surface area contributed by atoms with Gasteiger partial charge in [-0.15, -0.1) is 11.3 Å². The highest BCUT2D eigenvalue weighted by molar-refractivity contribution is 9.10. The Balaban J connectivity index is 1.77. The summed E-state index contributed by atoms with van der Waals surface area (Å²) in [5.41, 5.74) is 3.05. The number of hydrogen-bond donors (Lipinski definition) is 0. The molecular formula is C23H16BrNO2S. The van der Waals surface area contributed by atoms with E-state index in [0.717, 1.165) is 21.8 Å². The second-order valence-electron chi connectivity index (χ2n) is 7.21. The summed E-state index contributed by atoms with van der Waals surface area (Å²) < 4.78 is 2.13. The van der Waals surface area contributed by atoms with Gasteiger partial charge in [0.05, 0.1) is 10.5 Å². The van der Waals surface area contributed by atoms with Gasteiger partial charge in [0.2, 0.25) is 0 Å². The van der Waals surface area contributed by atoms with E-state index >= 15 is 0 Å². The Hall–Kier alpha value is -2.50. The van der Waals surface area contributed by atoms with E-state index in [2.05, 4.69) is 59.3 Å².